The Morgan fingerprint density at radius 3 is 2.38 bits per heavy atom. The van der Waals surface area contributed by atoms with Crippen LogP contribution in [0.5, 0.6) is 0 Å². The third-order valence-corrected chi connectivity index (χ3v) is 2.50. The fraction of sp³-hybridized carbons (Fsp3) is 0.545. The van der Waals surface area contributed by atoms with Crippen molar-refractivity contribution in [1.29, 1.82) is 0 Å². The summed E-state index contributed by atoms with van der Waals surface area (Å²) in [7, 11) is 0. The summed E-state index contributed by atoms with van der Waals surface area (Å²) in [6.45, 7) is 5.63. The smallest absolute Gasteiger partial charge is 0.225 e. The summed E-state index contributed by atoms with van der Waals surface area (Å²) in [6.07, 6.45) is 4.19. The fourth-order valence-electron chi connectivity index (χ4n) is 1.90. The van der Waals surface area contributed by atoms with Crippen LogP contribution in [0.3, 0.4) is 0 Å². The van der Waals surface area contributed by atoms with E-state index in [-0.39, 0.29) is 12.2 Å². The first-order chi connectivity index (χ1) is 7.69. The van der Waals surface area contributed by atoms with E-state index < -0.39 is 0 Å². The number of ether oxygens (including phenoxy) is 1. The van der Waals surface area contributed by atoms with Crippen molar-refractivity contribution in [2.45, 2.75) is 26.1 Å². The Bertz CT molecular complexity index is 356. The highest BCUT2D eigenvalue weighted by Gasteiger charge is 2.23. The molecule has 16 heavy (non-hydrogen) atoms. The molecule has 1 saturated heterocycles. The molecule has 1 aromatic rings. The third kappa shape index (κ3) is 2.36. The van der Waals surface area contributed by atoms with E-state index in [1.165, 1.54) is 0 Å². The molecular formula is C11H15N3O2. The molecule has 0 saturated carbocycles. The van der Waals surface area contributed by atoms with Gasteiger partial charge in [0.25, 0.3) is 0 Å². The largest absolute Gasteiger partial charge is 0.372 e. The molecule has 2 unspecified atom stereocenters. The molecule has 1 aliphatic heterocycles. The Hall–Kier alpha value is -1.49. The lowest BCUT2D eigenvalue weighted by molar-refractivity contribution is -0.00572. The molecule has 1 fully saturated rings. The second kappa shape index (κ2) is 4.57. The topological polar surface area (TPSA) is 55.3 Å². The molecule has 5 nitrogen and oxygen atoms in total. The minimum atomic E-state index is 0.179. The summed E-state index contributed by atoms with van der Waals surface area (Å²) in [5, 5.41) is 0. The molecule has 0 aromatic carbocycles. The van der Waals surface area contributed by atoms with Gasteiger partial charge in [-0.2, -0.15) is 0 Å². The Morgan fingerprint density at radius 2 is 1.88 bits per heavy atom. The molecule has 2 rings (SSSR count). The Labute approximate surface area is 94.5 Å². The molecule has 0 radical (unpaired) electrons. The van der Waals surface area contributed by atoms with Crippen LogP contribution in [0, 0.1) is 0 Å². The number of nitrogens with zero attached hydrogens (tertiary/aromatic N) is 3. The highest BCUT2D eigenvalue weighted by atomic mass is 16.5. The monoisotopic (exact) mass is 221 g/mol. The van der Waals surface area contributed by atoms with Crippen molar-refractivity contribution in [2.24, 2.45) is 0 Å². The van der Waals surface area contributed by atoms with Crippen molar-refractivity contribution < 1.29 is 9.53 Å². The van der Waals surface area contributed by atoms with Gasteiger partial charge >= 0.3 is 0 Å². The molecule has 5 heteroatoms. The maximum atomic E-state index is 10.5. The molecule has 2 heterocycles. The van der Waals surface area contributed by atoms with Crippen molar-refractivity contribution in [3.05, 3.63) is 18.0 Å². The van der Waals surface area contributed by atoms with Gasteiger partial charge in [0, 0.05) is 25.5 Å². The molecule has 1 aliphatic rings. The molecule has 0 bridgehead atoms. The van der Waals surface area contributed by atoms with E-state index in [2.05, 4.69) is 14.9 Å². The SMILES string of the molecule is CC1CN(c2ncc(C=O)cn2)CC(C)O1. The van der Waals surface area contributed by atoms with Gasteiger partial charge in [-0.3, -0.25) is 4.79 Å². The normalized spacial score (nSPS) is 25.5. The van der Waals surface area contributed by atoms with Crippen LogP contribution in [-0.4, -0.2) is 41.6 Å². The number of carbonyl (C=O) groups excluding carboxylic acids is 1. The number of morpholine rings is 1. The second-order valence-corrected chi connectivity index (χ2v) is 4.10. The van der Waals surface area contributed by atoms with Crippen LogP contribution in [-0.2, 0) is 4.74 Å². The lowest BCUT2D eigenvalue weighted by atomic mass is 10.2. The zero-order valence-corrected chi connectivity index (χ0v) is 9.46. The highest BCUT2D eigenvalue weighted by Crippen LogP contribution is 2.15. The first-order valence-corrected chi connectivity index (χ1v) is 5.36. The lowest BCUT2D eigenvalue weighted by Crippen LogP contribution is -2.46. The number of aromatic nitrogens is 2. The van der Waals surface area contributed by atoms with E-state index in [0.717, 1.165) is 19.4 Å². The summed E-state index contributed by atoms with van der Waals surface area (Å²) in [5.74, 6) is 0.660. The van der Waals surface area contributed by atoms with Gasteiger partial charge in [0.1, 0.15) is 0 Å². The third-order valence-electron chi connectivity index (χ3n) is 2.50. The van der Waals surface area contributed by atoms with E-state index in [4.69, 9.17) is 4.74 Å². The maximum absolute atomic E-state index is 10.5. The average Bonchev–Trinajstić information content (AvgIpc) is 2.28. The van der Waals surface area contributed by atoms with Gasteiger partial charge in [0.2, 0.25) is 5.95 Å². The average molecular weight is 221 g/mol. The highest BCUT2D eigenvalue weighted by molar-refractivity contribution is 5.73. The Kier molecular flexibility index (Phi) is 3.14. The van der Waals surface area contributed by atoms with E-state index in [0.29, 0.717) is 11.5 Å². The van der Waals surface area contributed by atoms with Crippen molar-refractivity contribution in [2.75, 3.05) is 18.0 Å². The van der Waals surface area contributed by atoms with E-state index in [1.807, 2.05) is 13.8 Å². The van der Waals surface area contributed by atoms with E-state index >= 15 is 0 Å². The number of hydrogen-bond acceptors (Lipinski definition) is 5. The number of aldehydes is 1. The van der Waals surface area contributed by atoms with Gasteiger partial charge in [-0.05, 0) is 13.8 Å². The van der Waals surface area contributed by atoms with Crippen LogP contribution in [0.2, 0.25) is 0 Å². The van der Waals surface area contributed by atoms with Crippen LogP contribution >= 0.6 is 0 Å². The van der Waals surface area contributed by atoms with Crippen molar-refractivity contribution >= 4 is 12.2 Å². The lowest BCUT2D eigenvalue weighted by Gasteiger charge is -2.35. The minimum absolute atomic E-state index is 0.179. The standard InChI is InChI=1S/C11H15N3O2/c1-8-5-14(6-9(2)16-8)11-12-3-10(7-15)4-13-11/h3-4,7-9H,5-6H2,1-2H3. The zero-order valence-electron chi connectivity index (χ0n) is 9.46. The van der Waals surface area contributed by atoms with Crippen LogP contribution in [0.1, 0.15) is 24.2 Å². The Balaban J connectivity index is 2.13. The van der Waals surface area contributed by atoms with Crippen LogP contribution < -0.4 is 4.90 Å². The summed E-state index contributed by atoms with van der Waals surface area (Å²) >= 11 is 0. The van der Waals surface area contributed by atoms with Crippen LogP contribution in [0.4, 0.5) is 5.95 Å². The molecule has 0 spiro atoms. The second-order valence-electron chi connectivity index (χ2n) is 4.10. The van der Waals surface area contributed by atoms with Gasteiger partial charge < -0.3 is 9.64 Å². The number of anilines is 1. The number of rotatable bonds is 2. The molecule has 2 atom stereocenters. The fourth-order valence-corrected chi connectivity index (χ4v) is 1.90. The number of carbonyl (C=O) groups is 1. The molecule has 1 aromatic heterocycles. The maximum Gasteiger partial charge on any atom is 0.225 e. The predicted octanol–water partition coefficient (Wildman–Crippen LogP) is 0.903. The molecule has 0 amide bonds. The van der Waals surface area contributed by atoms with Crippen molar-refractivity contribution in [3.63, 3.8) is 0 Å². The number of hydrogen-bond donors (Lipinski definition) is 0. The van der Waals surface area contributed by atoms with Crippen molar-refractivity contribution in [1.82, 2.24) is 9.97 Å². The minimum Gasteiger partial charge on any atom is -0.372 e. The van der Waals surface area contributed by atoms with Gasteiger partial charge in [0.05, 0.1) is 17.8 Å². The summed E-state index contributed by atoms with van der Waals surface area (Å²) in [5.41, 5.74) is 0.498. The van der Waals surface area contributed by atoms with Gasteiger partial charge in [-0.1, -0.05) is 0 Å². The Morgan fingerprint density at radius 1 is 1.31 bits per heavy atom. The van der Waals surface area contributed by atoms with Crippen LogP contribution in [0.25, 0.3) is 0 Å². The quantitative estimate of drug-likeness (QED) is 0.694. The summed E-state index contributed by atoms with van der Waals surface area (Å²) < 4.78 is 5.63. The molecule has 0 aliphatic carbocycles. The zero-order chi connectivity index (χ0) is 11.5. The van der Waals surface area contributed by atoms with Gasteiger partial charge in [-0.25, -0.2) is 9.97 Å². The van der Waals surface area contributed by atoms with Gasteiger partial charge in [-0.15, -0.1) is 0 Å². The predicted molar refractivity (Wildman–Crippen MR) is 59.6 cm³/mol. The molecule has 0 N–H and O–H groups in total. The van der Waals surface area contributed by atoms with Crippen LogP contribution in [0.15, 0.2) is 12.4 Å². The first-order valence-electron chi connectivity index (χ1n) is 5.36. The van der Waals surface area contributed by atoms with E-state index in [1.54, 1.807) is 12.4 Å². The summed E-state index contributed by atoms with van der Waals surface area (Å²) in [4.78, 5) is 20.9. The van der Waals surface area contributed by atoms with E-state index in [9.17, 15) is 4.79 Å². The van der Waals surface area contributed by atoms with Gasteiger partial charge in [0.15, 0.2) is 6.29 Å². The molecular weight excluding hydrogens is 206 g/mol. The molecule has 86 valence electrons. The first kappa shape index (κ1) is 11.0. The summed E-state index contributed by atoms with van der Waals surface area (Å²) in [6, 6.07) is 0. The van der Waals surface area contributed by atoms with Crippen molar-refractivity contribution in [3.8, 4) is 0 Å².